The number of hydrogen-bond donors (Lipinski definition) is 1. The maximum atomic E-state index is 10.3. The van der Waals surface area contributed by atoms with Crippen LogP contribution in [-0.4, -0.2) is 35.7 Å². The van der Waals surface area contributed by atoms with Gasteiger partial charge < -0.3 is 10.0 Å². The van der Waals surface area contributed by atoms with Crippen molar-refractivity contribution in [2.45, 2.75) is 72.3 Å². The largest absolute Gasteiger partial charge is 0.393 e. The number of rotatable bonds is 4. The summed E-state index contributed by atoms with van der Waals surface area (Å²) in [5.41, 5.74) is 0.435. The van der Waals surface area contributed by atoms with E-state index >= 15 is 0 Å². The van der Waals surface area contributed by atoms with E-state index in [1.54, 1.807) is 0 Å². The molecule has 1 aliphatic carbocycles. The van der Waals surface area contributed by atoms with E-state index < -0.39 is 0 Å². The molecule has 1 saturated carbocycles. The second-order valence-corrected chi connectivity index (χ2v) is 8.41. The zero-order chi connectivity index (χ0) is 14.8. The lowest BCUT2D eigenvalue weighted by Gasteiger charge is -2.36. The summed E-state index contributed by atoms with van der Waals surface area (Å²) in [5.74, 6) is 2.23. The van der Waals surface area contributed by atoms with Gasteiger partial charge in [-0.3, -0.25) is 0 Å². The van der Waals surface area contributed by atoms with Gasteiger partial charge in [-0.25, -0.2) is 0 Å². The Morgan fingerprint density at radius 2 is 1.90 bits per heavy atom. The second kappa shape index (κ2) is 6.79. The summed E-state index contributed by atoms with van der Waals surface area (Å²) in [6.45, 7) is 13.0. The normalized spacial score (nSPS) is 36.5. The van der Waals surface area contributed by atoms with Gasteiger partial charge in [0.25, 0.3) is 0 Å². The zero-order valence-corrected chi connectivity index (χ0v) is 14.1. The van der Waals surface area contributed by atoms with Crippen LogP contribution in [0, 0.1) is 23.2 Å². The van der Waals surface area contributed by atoms with E-state index in [0.29, 0.717) is 11.3 Å². The van der Waals surface area contributed by atoms with Crippen LogP contribution in [0.3, 0.4) is 0 Å². The summed E-state index contributed by atoms with van der Waals surface area (Å²) >= 11 is 0. The molecule has 2 nitrogen and oxygen atoms in total. The number of nitrogens with zero attached hydrogens (tertiary/aromatic N) is 1. The highest BCUT2D eigenvalue weighted by Gasteiger charge is 2.35. The monoisotopic (exact) mass is 281 g/mol. The SMILES string of the molecule is CCCC1CCC(O)C(CN2CCC(C(C)(C)C)C2)C1. The van der Waals surface area contributed by atoms with Gasteiger partial charge in [-0.1, -0.05) is 40.5 Å². The smallest absolute Gasteiger partial charge is 0.0580 e. The Hall–Kier alpha value is -0.0800. The van der Waals surface area contributed by atoms with E-state index in [9.17, 15) is 5.11 Å². The minimum atomic E-state index is -0.0446. The first-order valence-corrected chi connectivity index (χ1v) is 8.80. The zero-order valence-electron chi connectivity index (χ0n) is 14.1. The van der Waals surface area contributed by atoms with Crippen LogP contribution in [-0.2, 0) is 0 Å². The van der Waals surface area contributed by atoms with Crippen LogP contribution in [0.4, 0.5) is 0 Å². The molecule has 4 unspecified atom stereocenters. The minimum absolute atomic E-state index is 0.0446. The van der Waals surface area contributed by atoms with Crippen LogP contribution in [0.1, 0.15) is 66.2 Å². The average molecular weight is 281 g/mol. The average Bonchev–Trinajstić information content (AvgIpc) is 2.82. The summed E-state index contributed by atoms with van der Waals surface area (Å²) in [4.78, 5) is 2.62. The van der Waals surface area contributed by atoms with Crippen molar-refractivity contribution in [2.24, 2.45) is 23.2 Å². The van der Waals surface area contributed by atoms with Gasteiger partial charge in [-0.15, -0.1) is 0 Å². The molecule has 0 aromatic carbocycles. The molecule has 20 heavy (non-hydrogen) atoms. The van der Waals surface area contributed by atoms with E-state index in [2.05, 4.69) is 32.6 Å². The highest BCUT2D eigenvalue weighted by Crippen LogP contribution is 2.36. The van der Waals surface area contributed by atoms with Crippen molar-refractivity contribution in [1.82, 2.24) is 4.90 Å². The third kappa shape index (κ3) is 4.21. The lowest BCUT2D eigenvalue weighted by molar-refractivity contribution is 0.0281. The molecule has 1 N–H and O–H groups in total. The number of aliphatic hydroxyl groups is 1. The first-order valence-electron chi connectivity index (χ1n) is 8.80. The van der Waals surface area contributed by atoms with Crippen molar-refractivity contribution in [3.63, 3.8) is 0 Å². The van der Waals surface area contributed by atoms with Gasteiger partial charge in [-0.2, -0.15) is 0 Å². The molecule has 0 aromatic rings. The van der Waals surface area contributed by atoms with E-state index in [1.807, 2.05) is 0 Å². The highest BCUT2D eigenvalue weighted by atomic mass is 16.3. The van der Waals surface area contributed by atoms with Gasteiger partial charge in [0.1, 0.15) is 0 Å². The van der Waals surface area contributed by atoms with E-state index in [-0.39, 0.29) is 6.10 Å². The Kier molecular flexibility index (Phi) is 5.53. The molecule has 118 valence electrons. The van der Waals surface area contributed by atoms with Gasteiger partial charge in [0.2, 0.25) is 0 Å². The first kappa shape index (κ1) is 16.3. The molecule has 2 fully saturated rings. The first-order chi connectivity index (χ1) is 9.40. The van der Waals surface area contributed by atoms with Crippen LogP contribution in [0.5, 0.6) is 0 Å². The maximum absolute atomic E-state index is 10.3. The molecular formula is C18H35NO. The summed E-state index contributed by atoms with van der Waals surface area (Å²) in [5, 5.41) is 10.3. The van der Waals surface area contributed by atoms with Crippen LogP contribution in [0.15, 0.2) is 0 Å². The number of likely N-dealkylation sites (tertiary alicyclic amines) is 1. The van der Waals surface area contributed by atoms with Gasteiger partial charge >= 0.3 is 0 Å². The predicted molar refractivity (Wildman–Crippen MR) is 85.7 cm³/mol. The van der Waals surface area contributed by atoms with Gasteiger partial charge in [-0.05, 0) is 55.4 Å². The third-order valence-electron chi connectivity index (χ3n) is 5.74. The molecule has 1 heterocycles. The maximum Gasteiger partial charge on any atom is 0.0580 e. The lowest BCUT2D eigenvalue weighted by atomic mass is 9.77. The Balaban J connectivity index is 1.83. The van der Waals surface area contributed by atoms with Gasteiger partial charge in [0.15, 0.2) is 0 Å². The molecule has 2 aliphatic rings. The topological polar surface area (TPSA) is 23.5 Å². The van der Waals surface area contributed by atoms with Crippen LogP contribution >= 0.6 is 0 Å². The Morgan fingerprint density at radius 1 is 1.15 bits per heavy atom. The van der Waals surface area contributed by atoms with Crippen molar-refractivity contribution < 1.29 is 5.11 Å². The van der Waals surface area contributed by atoms with E-state index in [1.165, 1.54) is 45.2 Å². The summed E-state index contributed by atoms with van der Waals surface area (Å²) < 4.78 is 0. The van der Waals surface area contributed by atoms with Crippen molar-refractivity contribution >= 4 is 0 Å². The van der Waals surface area contributed by atoms with Crippen LogP contribution in [0.2, 0.25) is 0 Å². The second-order valence-electron chi connectivity index (χ2n) is 8.41. The van der Waals surface area contributed by atoms with Crippen LogP contribution in [0.25, 0.3) is 0 Å². The van der Waals surface area contributed by atoms with Gasteiger partial charge in [0, 0.05) is 13.1 Å². The van der Waals surface area contributed by atoms with E-state index in [4.69, 9.17) is 0 Å². The Morgan fingerprint density at radius 3 is 2.50 bits per heavy atom. The summed E-state index contributed by atoms with van der Waals surface area (Å²) in [7, 11) is 0. The van der Waals surface area contributed by atoms with Crippen molar-refractivity contribution in [2.75, 3.05) is 19.6 Å². The molecule has 0 bridgehead atoms. The molecular weight excluding hydrogens is 246 g/mol. The number of hydrogen-bond acceptors (Lipinski definition) is 2. The molecule has 0 spiro atoms. The molecule has 1 saturated heterocycles. The molecule has 2 heteroatoms. The summed E-state index contributed by atoms with van der Waals surface area (Å²) in [6, 6.07) is 0. The van der Waals surface area contributed by atoms with E-state index in [0.717, 1.165) is 24.8 Å². The quantitative estimate of drug-likeness (QED) is 0.844. The molecule has 0 amide bonds. The fourth-order valence-corrected chi connectivity index (χ4v) is 4.25. The fraction of sp³-hybridized carbons (Fsp3) is 1.00. The minimum Gasteiger partial charge on any atom is -0.393 e. The van der Waals surface area contributed by atoms with Gasteiger partial charge in [0.05, 0.1) is 6.10 Å². The Labute approximate surface area is 125 Å². The highest BCUT2D eigenvalue weighted by molar-refractivity contribution is 4.87. The molecule has 0 aromatic heterocycles. The molecule has 1 aliphatic heterocycles. The lowest BCUT2D eigenvalue weighted by Crippen LogP contribution is -2.38. The van der Waals surface area contributed by atoms with Crippen molar-refractivity contribution in [3.8, 4) is 0 Å². The molecule has 2 rings (SSSR count). The fourth-order valence-electron chi connectivity index (χ4n) is 4.25. The third-order valence-corrected chi connectivity index (χ3v) is 5.74. The molecule has 0 radical (unpaired) electrons. The number of aliphatic hydroxyl groups excluding tert-OH is 1. The standard InChI is InChI=1S/C18H35NO/c1-5-6-14-7-8-17(20)15(11-14)12-19-10-9-16(13-19)18(2,3)4/h14-17,20H,5-13H2,1-4H3. The van der Waals surface area contributed by atoms with Crippen molar-refractivity contribution in [3.05, 3.63) is 0 Å². The molecule has 4 atom stereocenters. The Bertz CT molecular complexity index is 296. The summed E-state index contributed by atoms with van der Waals surface area (Å²) in [6.07, 6.45) is 7.48. The van der Waals surface area contributed by atoms with Crippen molar-refractivity contribution in [1.29, 1.82) is 0 Å². The predicted octanol–water partition coefficient (Wildman–Crippen LogP) is 3.93. The van der Waals surface area contributed by atoms with Crippen LogP contribution < -0.4 is 0 Å².